The van der Waals surface area contributed by atoms with Crippen LogP contribution in [0.5, 0.6) is 0 Å². The topological polar surface area (TPSA) is 38.0 Å². The van der Waals surface area contributed by atoms with Crippen molar-refractivity contribution < 1.29 is 0 Å². The van der Waals surface area contributed by atoms with Crippen LogP contribution in [0.2, 0.25) is 5.02 Å². The van der Waals surface area contributed by atoms with Crippen molar-refractivity contribution in [1.82, 2.24) is 5.43 Å². The van der Waals surface area contributed by atoms with E-state index in [1.165, 1.54) is 4.88 Å². The molecule has 0 saturated heterocycles. The molecule has 0 spiro atoms. The second-order valence-corrected chi connectivity index (χ2v) is 7.05. The highest BCUT2D eigenvalue weighted by molar-refractivity contribution is 9.10. The molecule has 1 aromatic carbocycles. The van der Waals surface area contributed by atoms with E-state index in [2.05, 4.69) is 48.7 Å². The van der Waals surface area contributed by atoms with Gasteiger partial charge in [-0.3, -0.25) is 11.3 Å². The molecule has 2 aromatic rings. The molecule has 18 heavy (non-hydrogen) atoms. The maximum atomic E-state index is 6.22. The van der Waals surface area contributed by atoms with E-state index in [0.717, 1.165) is 26.0 Å². The Bertz CT molecular complexity index is 545. The van der Waals surface area contributed by atoms with Crippen LogP contribution >= 0.6 is 54.8 Å². The van der Waals surface area contributed by atoms with Crippen LogP contribution in [0.4, 0.5) is 0 Å². The molecule has 2 nitrogen and oxygen atoms in total. The molecule has 6 heteroatoms. The normalized spacial score (nSPS) is 12.7. The minimum absolute atomic E-state index is 0.000509. The van der Waals surface area contributed by atoms with Gasteiger partial charge in [-0.05, 0) is 45.8 Å². The summed E-state index contributed by atoms with van der Waals surface area (Å²) in [7, 11) is 0. The Hall–Kier alpha value is 0.0900. The molecule has 0 radical (unpaired) electrons. The van der Waals surface area contributed by atoms with Crippen LogP contribution in [0, 0.1) is 0 Å². The molecule has 1 atom stereocenters. The van der Waals surface area contributed by atoms with Crippen molar-refractivity contribution in [2.75, 3.05) is 0 Å². The van der Waals surface area contributed by atoms with E-state index in [0.29, 0.717) is 0 Å². The van der Waals surface area contributed by atoms with Gasteiger partial charge in [0.25, 0.3) is 0 Å². The zero-order valence-electron chi connectivity index (χ0n) is 9.29. The van der Waals surface area contributed by atoms with Crippen molar-refractivity contribution in [2.24, 2.45) is 5.84 Å². The quantitative estimate of drug-likeness (QED) is 0.568. The summed E-state index contributed by atoms with van der Waals surface area (Å²) in [6.45, 7) is 0. The van der Waals surface area contributed by atoms with Gasteiger partial charge in [0.15, 0.2) is 0 Å². The van der Waals surface area contributed by atoms with E-state index in [1.54, 1.807) is 11.3 Å². The van der Waals surface area contributed by atoms with E-state index in [1.807, 2.05) is 18.2 Å². The highest BCUT2D eigenvalue weighted by atomic mass is 79.9. The fourth-order valence-corrected chi connectivity index (χ4v) is 3.83. The summed E-state index contributed by atoms with van der Waals surface area (Å²) in [5.74, 6) is 5.65. The Kier molecular flexibility index (Phi) is 5.24. The minimum Gasteiger partial charge on any atom is -0.271 e. The Balaban J connectivity index is 2.25. The maximum absolute atomic E-state index is 6.22. The van der Waals surface area contributed by atoms with Gasteiger partial charge in [-0.25, -0.2) is 0 Å². The van der Waals surface area contributed by atoms with Crippen molar-refractivity contribution in [3.8, 4) is 0 Å². The lowest BCUT2D eigenvalue weighted by Gasteiger charge is -2.17. The molecule has 0 saturated carbocycles. The van der Waals surface area contributed by atoms with Crippen molar-refractivity contribution >= 4 is 54.8 Å². The van der Waals surface area contributed by atoms with Crippen molar-refractivity contribution in [3.05, 3.63) is 54.1 Å². The van der Waals surface area contributed by atoms with Crippen LogP contribution in [-0.4, -0.2) is 0 Å². The summed E-state index contributed by atoms with van der Waals surface area (Å²) >= 11 is 14.8. The molecule has 3 N–H and O–H groups in total. The molecular formula is C12H11Br2ClN2S. The number of nitrogens with one attached hydrogen (secondary N) is 1. The number of halogens is 3. The number of benzene rings is 1. The van der Waals surface area contributed by atoms with Crippen LogP contribution in [-0.2, 0) is 6.42 Å². The third-order valence-corrected chi connectivity index (χ3v) is 5.12. The largest absolute Gasteiger partial charge is 0.271 e. The predicted molar refractivity (Wildman–Crippen MR) is 84.9 cm³/mol. The van der Waals surface area contributed by atoms with Crippen molar-refractivity contribution in [2.45, 2.75) is 12.5 Å². The van der Waals surface area contributed by atoms with Crippen LogP contribution in [0.3, 0.4) is 0 Å². The van der Waals surface area contributed by atoms with E-state index in [-0.39, 0.29) is 6.04 Å². The highest BCUT2D eigenvalue weighted by Gasteiger charge is 2.15. The number of nitrogens with two attached hydrogens (primary N) is 1. The molecule has 0 aliphatic heterocycles. The Morgan fingerprint density at radius 2 is 2.06 bits per heavy atom. The molecule has 96 valence electrons. The Morgan fingerprint density at radius 1 is 1.28 bits per heavy atom. The zero-order chi connectivity index (χ0) is 13.1. The van der Waals surface area contributed by atoms with Gasteiger partial charge >= 0.3 is 0 Å². The highest BCUT2D eigenvalue weighted by Crippen LogP contribution is 2.30. The summed E-state index contributed by atoms with van der Waals surface area (Å²) in [5.41, 5.74) is 3.83. The number of hydrogen-bond donors (Lipinski definition) is 2. The van der Waals surface area contributed by atoms with E-state index < -0.39 is 0 Å². The standard InChI is InChI=1S/C12H11Br2ClN2S/c13-7-1-2-11(15)10(4-7)12(17-16)5-9-3-8(14)6-18-9/h1-4,6,12,17H,5,16H2. The number of thiophene rings is 1. The molecule has 0 aliphatic rings. The lowest BCUT2D eigenvalue weighted by molar-refractivity contribution is 0.555. The van der Waals surface area contributed by atoms with Gasteiger partial charge in [-0.1, -0.05) is 27.5 Å². The van der Waals surface area contributed by atoms with Gasteiger partial charge in [0.2, 0.25) is 0 Å². The van der Waals surface area contributed by atoms with Crippen molar-refractivity contribution in [1.29, 1.82) is 0 Å². The molecule has 1 heterocycles. The fraction of sp³-hybridized carbons (Fsp3) is 0.167. The summed E-state index contributed by atoms with van der Waals surface area (Å²) in [6, 6.07) is 7.88. The van der Waals surface area contributed by atoms with E-state index >= 15 is 0 Å². The molecule has 0 aliphatic carbocycles. The van der Waals surface area contributed by atoms with Gasteiger partial charge in [0.05, 0.1) is 6.04 Å². The van der Waals surface area contributed by atoms with Gasteiger partial charge in [-0.2, -0.15) is 0 Å². The molecular weight excluding hydrogens is 399 g/mol. The minimum atomic E-state index is 0.000509. The molecule has 1 unspecified atom stereocenters. The van der Waals surface area contributed by atoms with E-state index in [9.17, 15) is 0 Å². The summed E-state index contributed by atoms with van der Waals surface area (Å²) in [4.78, 5) is 1.25. The number of hydrazine groups is 1. The van der Waals surface area contributed by atoms with Gasteiger partial charge in [0.1, 0.15) is 0 Å². The van der Waals surface area contributed by atoms with Gasteiger partial charge in [-0.15, -0.1) is 11.3 Å². The van der Waals surface area contributed by atoms with Crippen LogP contribution in [0.15, 0.2) is 38.6 Å². The smallest absolute Gasteiger partial charge is 0.0523 e. The lowest BCUT2D eigenvalue weighted by atomic mass is 10.0. The van der Waals surface area contributed by atoms with E-state index in [4.69, 9.17) is 17.4 Å². The third-order valence-electron chi connectivity index (χ3n) is 2.56. The average Bonchev–Trinajstić information content (AvgIpc) is 2.75. The maximum Gasteiger partial charge on any atom is 0.0523 e. The Labute approximate surface area is 132 Å². The first kappa shape index (κ1) is 14.5. The summed E-state index contributed by atoms with van der Waals surface area (Å²) in [5, 5.41) is 2.78. The van der Waals surface area contributed by atoms with Crippen LogP contribution in [0.1, 0.15) is 16.5 Å². The predicted octanol–water partition coefficient (Wildman–Crippen LogP) is 4.67. The first-order valence-electron chi connectivity index (χ1n) is 5.24. The zero-order valence-corrected chi connectivity index (χ0v) is 14.0. The fourth-order valence-electron chi connectivity index (χ4n) is 1.70. The second kappa shape index (κ2) is 6.50. The Morgan fingerprint density at radius 3 is 2.67 bits per heavy atom. The molecule has 0 amide bonds. The lowest BCUT2D eigenvalue weighted by Crippen LogP contribution is -2.29. The summed E-state index contributed by atoms with van der Waals surface area (Å²) < 4.78 is 2.09. The van der Waals surface area contributed by atoms with Gasteiger partial charge < -0.3 is 0 Å². The van der Waals surface area contributed by atoms with Crippen LogP contribution in [0.25, 0.3) is 0 Å². The van der Waals surface area contributed by atoms with Gasteiger partial charge in [0, 0.05) is 30.6 Å². The monoisotopic (exact) mass is 408 g/mol. The third kappa shape index (κ3) is 3.56. The SMILES string of the molecule is NNC(Cc1cc(Br)cs1)c1cc(Br)ccc1Cl. The molecule has 0 fully saturated rings. The number of rotatable bonds is 4. The first-order chi connectivity index (χ1) is 8.60. The average molecular weight is 411 g/mol. The first-order valence-corrected chi connectivity index (χ1v) is 8.08. The molecule has 2 rings (SSSR count). The second-order valence-electron chi connectivity index (χ2n) is 3.82. The van der Waals surface area contributed by atoms with Crippen molar-refractivity contribution in [3.63, 3.8) is 0 Å². The number of hydrogen-bond acceptors (Lipinski definition) is 3. The summed E-state index contributed by atoms with van der Waals surface area (Å²) in [6.07, 6.45) is 0.808. The molecule has 1 aromatic heterocycles. The molecule has 0 bridgehead atoms. The van der Waals surface area contributed by atoms with Crippen LogP contribution < -0.4 is 11.3 Å².